The first-order chi connectivity index (χ1) is 12.2. The number of hydrogen-bond donors (Lipinski definition) is 3. The molecule has 4 amide bonds. The van der Waals surface area contributed by atoms with Crippen LogP contribution in [-0.2, 0) is 16.0 Å². The summed E-state index contributed by atoms with van der Waals surface area (Å²) in [5.41, 5.74) is 1.83. The lowest BCUT2D eigenvalue weighted by atomic mass is 10.1. The molecule has 0 aromatic heterocycles. The molecule has 0 aliphatic heterocycles. The maximum Gasteiger partial charge on any atom is 0.321 e. The molecule has 0 fully saturated rings. The van der Waals surface area contributed by atoms with Crippen LogP contribution in [0.3, 0.4) is 0 Å². The Morgan fingerprint density at radius 1 is 1.12 bits per heavy atom. The summed E-state index contributed by atoms with van der Waals surface area (Å²) in [6, 6.07) is 6.47. The highest BCUT2D eigenvalue weighted by Crippen LogP contribution is 2.15. The van der Waals surface area contributed by atoms with Crippen molar-refractivity contribution in [3.8, 4) is 0 Å². The van der Waals surface area contributed by atoms with Crippen molar-refractivity contribution >= 4 is 23.5 Å². The fourth-order valence-electron chi connectivity index (χ4n) is 2.26. The molecule has 0 radical (unpaired) electrons. The van der Waals surface area contributed by atoms with Gasteiger partial charge in [-0.05, 0) is 37.9 Å². The lowest BCUT2D eigenvalue weighted by Crippen LogP contribution is -2.50. The van der Waals surface area contributed by atoms with Crippen LogP contribution in [0, 0.1) is 5.92 Å². The van der Waals surface area contributed by atoms with Crippen LogP contribution >= 0.6 is 0 Å². The predicted molar refractivity (Wildman–Crippen MR) is 103 cm³/mol. The van der Waals surface area contributed by atoms with Gasteiger partial charge in [0.2, 0.25) is 11.8 Å². The van der Waals surface area contributed by atoms with Gasteiger partial charge in [0, 0.05) is 12.2 Å². The van der Waals surface area contributed by atoms with Crippen molar-refractivity contribution in [3.05, 3.63) is 29.8 Å². The molecule has 0 bridgehead atoms. The molecule has 0 aliphatic rings. The van der Waals surface area contributed by atoms with Gasteiger partial charge in [-0.15, -0.1) is 0 Å². The van der Waals surface area contributed by atoms with Crippen molar-refractivity contribution in [1.82, 2.24) is 15.5 Å². The number of nitrogens with zero attached hydrogens (tertiary/aromatic N) is 1. The van der Waals surface area contributed by atoms with Gasteiger partial charge in [0.25, 0.3) is 0 Å². The molecule has 1 unspecified atom stereocenters. The zero-order valence-electron chi connectivity index (χ0n) is 16.3. The molecule has 0 aliphatic carbocycles. The second-order valence-electron chi connectivity index (χ2n) is 6.74. The van der Waals surface area contributed by atoms with Crippen LogP contribution in [0.5, 0.6) is 0 Å². The van der Waals surface area contributed by atoms with E-state index in [-0.39, 0.29) is 12.5 Å². The van der Waals surface area contributed by atoms with Crippen molar-refractivity contribution in [2.75, 3.05) is 25.5 Å². The quantitative estimate of drug-likeness (QED) is 0.660. The number of imide groups is 1. The molecule has 7 heteroatoms. The molecule has 0 spiro atoms. The number of para-hydroxylation sites is 1. The Hall–Kier alpha value is -2.41. The monoisotopic (exact) mass is 362 g/mol. The first-order valence-corrected chi connectivity index (χ1v) is 8.91. The molecule has 0 saturated heterocycles. The molecule has 1 atom stereocenters. The van der Waals surface area contributed by atoms with Crippen LogP contribution in [0.1, 0.15) is 33.3 Å². The topological polar surface area (TPSA) is 90.5 Å². The number of anilines is 1. The van der Waals surface area contributed by atoms with Crippen molar-refractivity contribution in [2.45, 2.75) is 40.2 Å². The first-order valence-electron chi connectivity index (χ1n) is 8.91. The summed E-state index contributed by atoms with van der Waals surface area (Å²) in [6.07, 6.45) is 0.816. The van der Waals surface area contributed by atoms with Gasteiger partial charge in [-0.25, -0.2) is 4.79 Å². The lowest BCUT2D eigenvalue weighted by Gasteiger charge is -2.23. The smallest absolute Gasteiger partial charge is 0.321 e. The van der Waals surface area contributed by atoms with Crippen LogP contribution in [0.15, 0.2) is 24.3 Å². The van der Waals surface area contributed by atoms with Crippen LogP contribution in [0.4, 0.5) is 10.5 Å². The molecular weight excluding hydrogens is 332 g/mol. The molecule has 0 saturated carbocycles. The molecule has 0 heterocycles. The minimum Gasteiger partial charge on any atom is -0.338 e. The van der Waals surface area contributed by atoms with Gasteiger partial charge in [0.1, 0.15) is 0 Å². The SMILES string of the molecule is CCc1ccccc1NC(=O)CN(C)C(C)C(=O)NC(=O)NCC(C)C. The number of carbonyl (C=O) groups excluding carboxylic acids is 3. The van der Waals surface area contributed by atoms with E-state index in [1.165, 1.54) is 0 Å². The highest BCUT2D eigenvalue weighted by molar-refractivity contribution is 5.97. The standard InChI is InChI=1S/C19H30N4O3/c1-6-15-9-7-8-10-16(15)21-17(24)12-23(5)14(4)18(25)22-19(26)20-11-13(2)3/h7-10,13-14H,6,11-12H2,1-5H3,(H,21,24)(H2,20,22,25,26). The molecule has 1 aromatic carbocycles. The summed E-state index contributed by atoms with van der Waals surface area (Å²) < 4.78 is 0. The molecule has 1 rings (SSSR count). The summed E-state index contributed by atoms with van der Waals surface area (Å²) >= 11 is 0. The third-order valence-corrected chi connectivity index (χ3v) is 4.01. The number of benzene rings is 1. The number of hydrogen-bond acceptors (Lipinski definition) is 4. The fraction of sp³-hybridized carbons (Fsp3) is 0.526. The van der Waals surface area contributed by atoms with E-state index in [4.69, 9.17) is 0 Å². The summed E-state index contributed by atoms with van der Waals surface area (Å²) in [5, 5.41) is 7.79. The van der Waals surface area contributed by atoms with Crippen molar-refractivity contribution in [3.63, 3.8) is 0 Å². The Balaban J connectivity index is 2.52. The fourth-order valence-corrected chi connectivity index (χ4v) is 2.26. The van der Waals surface area contributed by atoms with Crippen LogP contribution in [-0.4, -0.2) is 48.9 Å². The largest absolute Gasteiger partial charge is 0.338 e. The van der Waals surface area contributed by atoms with E-state index < -0.39 is 18.0 Å². The minimum absolute atomic E-state index is 0.0419. The molecule has 26 heavy (non-hydrogen) atoms. The van der Waals surface area contributed by atoms with Gasteiger partial charge in [-0.2, -0.15) is 0 Å². The molecule has 1 aromatic rings. The molecule has 7 nitrogen and oxygen atoms in total. The average Bonchev–Trinajstić information content (AvgIpc) is 2.59. The maximum absolute atomic E-state index is 12.3. The average molecular weight is 362 g/mol. The normalized spacial score (nSPS) is 12.0. The van der Waals surface area contributed by atoms with Gasteiger partial charge < -0.3 is 10.6 Å². The number of nitrogens with one attached hydrogen (secondary N) is 3. The van der Waals surface area contributed by atoms with E-state index in [0.29, 0.717) is 12.5 Å². The zero-order chi connectivity index (χ0) is 19.7. The molecule has 3 N–H and O–H groups in total. The first kappa shape index (κ1) is 21.6. The second kappa shape index (κ2) is 10.6. The third-order valence-electron chi connectivity index (χ3n) is 4.01. The number of aryl methyl sites for hydroxylation is 1. The van der Waals surface area contributed by atoms with E-state index in [2.05, 4.69) is 16.0 Å². The van der Waals surface area contributed by atoms with Gasteiger partial charge in [0.05, 0.1) is 12.6 Å². The zero-order valence-corrected chi connectivity index (χ0v) is 16.3. The summed E-state index contributed by atoms with van der Waals surface area (Å²) in [4.78, 5) is 37.7. The van der Waals surface area contributed by atoms with Gasteiger partial charge in [-0.3, -0.25) is 19.8 Å². The molecular formula is C19H30N4O3. The van der Waals surface area contributed by atoms with E-state index >= 15 is 0 Å². The van der Waals surface area contributed by atoms with E-state index in [9.17, 15) is 14.4 Å². The second-order valence-corrected chi connectivity index (χ2v) is 6.74. The Morgan fingerprint density at radius 3 is 2.38 bits per heavy atom. The summed E-state index contributed by atoms with van der Waals surface area (Å²) in [6.45, 7) is 8.14. The van der Waals surface area contributed by atoms with E-state index in [1.54, 1.807) is 18.9 Å². The van der Waals surface area contributed by atoms with Crippen LogP contribution in [0.25, 0.3) is 0 Å². The Labute approximate surface area is 155 Å². The van der Waals surface area contributed by atoms with Crippen LogP contribution < -0.4 is 16.0 Å². The van der Waals surface area contributed by atoms with Crippen LogP contribution in [0.2, 0.25) is 0 Å². The number of rotatable bonds is 8. The van der Waals surface area contributed by atoms with Gasteiger partial charge >= 0.3 is 6.03 Å². The predicted octanol–water partition coefficient (Wildman–Crippen LogP) is 1.99. The number of carbonyl (C=O) groups is 3. The van der Waals surface area contributed by atoms with E-state index in [0.717, 1.165) is 17.7 Å². The maximum atomic E-state index is 12.3. The lowest BCUT2D eigenvalue weighted by molar-refractivity contribution is -0.125. The highest BCUT2D eigenvalue weighted by Gasteiger charge is 2.22. The highest BCUT2D eigenvalue weighted by atomic mass is 16.2. The van der Waals surface area contributed by atoms with Crippen molar-refractivity contribution in [2.24, 2.45) is 5.92 Å². The summed E-state index contributed by atoms with van der Waals surface area (Å²) in [7, 11) is 1.67. The Bertz CT molecular complexity index is 631. The Morgan fingerprint density at radius 2 is 1.77 bits per heavy atom. The number of amides is 4. The number of likely N-dealkylation sites (N-methyl/N-ethyl adjacent to an activating group) is 1. The Kier molecular flexibility index (Phi) is 8.78. The third kappa shape index (κ3) is 7.23. The van der Waals surface area contributed by atoms with E-state index in [1.807, 2.05) is 45.0 Å². The van der Waals surface area contributed by atoms with Gasteiger partial charge in [-0.1, -0.05) is 39.0 Å². The van der Waals surface area contributed by atoms with Gasteiger partial charge in [0.15, 0.2) is 0 Å². The van der Waals surface area contributed by atoms with Crippen molar-refractivity contribution in [1.29, 1.82) is 0 Å². The number of urea groups is 1. The van der Waals surface area contributed by atoms with Crippen molar-refractivity contribution < 1.29 is 14.4 Å². The minimum atomic E-state index is -0.619. The molecule has 144 valence electrons. The summed E-state index contributed by atoms with van der Waals surface area (Å²) in [5.74, 6) is -0.363.